The number of carboxylic acids is 1. The lowest BCUT2D eigenvalue weighted by Crippen LogP contribution is -2.01. The molecule has 0 unspecified atom stereocenters. The summed E-state index contributed by atoms with van der Waals surface area (Å²) in [6.45, 7) is 0. The van der Waals surface area contributed by atoms with Crippen molar-refractivity contribution in [2.24, 2.45) is 0 Å². The van der Waals surface area contributed by atoms with Crippen LogP contribution in [-0.4, -0.2) is 21.0 Å². The van der Waals surface area contributed by atoms with E-state index in [1.54, 1.807) is 24.3 Å². The first-order valence-corrected chi connectivity index (χ1v) is 4.76. The van der Waals surface area contributed by atoms with Crippen molar-refractivity contribution in [3.8, 4) is 17.3 Å². The van der Waals surface area contributed by atoms with Gasteiger partial charge in [0.25, 0.3) is 0 Å². The van der Waals surface area contributed by atoms with Gasteiger partial charge >= 0.3 is 5.97 Å². The number of aromatic nitrogens is 2. The lowest BCUT2D eigenvalue weighted by molar-refractivity contribution is 0.0690. The molecule has 0 spiro atoms. The van der Waals surface area contributed by atoms with E-state index in [4.69, 9.17) is 10.4 Å². The molecule has 1 N–H and O–H groups in total. The van der Waals surface area contributed by atoms with Gasteiger partial charge in [-0.15, -0.1) is 0 Å². The zero-order chi connectivity index (χ0) is 12.3. The van der Waals surface area contributed by atoms with Gasteiger partial charge in [-0.3, -0.25) is 4.98 Å². The lowest BCUT2D eigenvalue weighted by atomic mass is 10.1. The smallest absolute Gasteiger partial charge is 0.356 e. The highest BCUT2D eigenvalue weighted by atomic mass is 16.4. The van der Waals surface area contributed by atoms with Crippen LogP contribution in [0.3, 0.4) is 0 Å². The average molecular weight is 225 g/mol. The molecule has 5 heteroatoms. The van der Waals surface area contributed by atoms with Gasteiger partial charge in [0.05, 0.1) is 29.7 Å². The third-order valence-electron chi connectivity index (χ3n) is 2.18. The van der Waals surface area contributed by atoms with Crippen LogP contribution in [0.1, 0.15) is 16.1 Å². The van der Waals surface area contributed by atoms with Crippen molar-refractivity contribution in [3.63, 3.8) is 0 Å². The maximum Gasteiger partial charge on any atom is 0.356 e. The van der Waals surface area contributed by atoms with Crippen LogP contribution < -0.4 is 0 Å². The number of aromatic carboxylic acids is 1. The van der Waals surface area contributed by atoms with Gasteiger partial charge in [0.1, 0.15) is 0 Å². The summed E-state index contributed by atoms with van der Waals surface area (Å²) in [7, 11) is 0. The van der Waals surface area contributed by atoms with Crippen LogP contribution in [-0.2, 0) is 0 Å². The molecule has 0 aliphatic carbocycles. The second kappa shape index (κ2) is 4.41. The largest absolute Gasteiger partial charge is 0.476 e. The zero-order valence-electron chi connectivity index (χ0n) is 8.66. The molecule has 1 heterocycles. The number of rotatable bonds is 2. The molecule has 0 saturated carbocycles. The Balaban J connectivity index is 2.33. The van der Waals surface area contributed by atoms with Crippen LogP contribution in [0, 0.1) is 11.3 Å². The molecule has 2 rings (SSSR count). The molecule has 1 aromatic heterocycles. The Hall–Kier alpha value is -2.74. The summed E-state index contributed by atoms with van der Waals surface area (Å²) in [5.41, 5.74) is 1.82. The van der Waals surface area contributed by atoms with Gasteiger partial charge < -0.3 is 5.11 Å². The van der Waals surface area contributed by atoms with Gasteiger partial charge in [-0.25, -0.2) is 9.78 Å². The van der Waals surface area contributed by atoms with Crippen molar-refractivity contribution in [3.05, 3.63) is 47.9 Å². The average Bonchev–Trinajstić information content (AvgIpc) is 2.39. The maximum atomic E-state index is 10.6. The van der Waals surface area contributed by atoms with E-state index in [1.807, 2.05) is 6.07 Å². The van der Waals surface area contributed by atoms with Crippen molar-refractivity contribution in [1.29, 1.82) is 5.26 Å². The third kappa shape index (κ3) is 2.26. The summed E-state index contributed by atoms with van der Waals surface area (Å²) in [6.07, 6.45) is 2.60. The second-order valence-electron chi connectivity index (χ2n) is 3.28. The molecule has 0 bridgehead atoms. The Morgan fingerprint density at radius 1 is 1.18 bits per heavy atom. The van der Waals surface area contributed by atoms with Gasteiger partial charge in [0, 0.05) is 5.56 Å². The van der Waals surface area contributed by atoms with Crippen LogP contribution in [0.25, 0.3) is 11.3 Å². The topological polar surface area (TPSA) is 86.9 Å². The summed E-state index contributed by atoms with van der Waals surface area (Å²) in [5.74, 6) is -1.11. The number of hydrogen-bond acceptors (Lipinski definition) is 4. The Labute approximate surface area is 97.0 Å². The molecule has 5 nitrogen and oxygen atoms in total. The van der Waals surface area contributed by atoms with Crippen molar-refractivity contribution in [2.45, 2.75) is 0 Å². The summed E-state index contributed by atoms with van der Waals surface area (Å²) in [6, 6.07) is 8.83. The quantitative estimate of drug-likeness (QED) is 0.840. The van der Waals surface area contributed by atoms with Gasteiger partial charge in [0.2, 0.25) is 0 Å². The molecule has 0 amide bonds. The Morgan fingerprint density at radius 2 is 1.88 bits per heavy atom. The summed E-state index contributed by atoms with van der Waals surface area (Å²) >= 11 is 0. The zero-order valence-corrected chi connectivity index (χ0v) is 8.66. The van der Waals surface area contributed by atoms with E-state index in [-0.39, 0.29) is 5.69 Å². The molecule has 1 aromatic carbocycles. The fraction of sp³-hybridized carbons (Fsp3) is 0. The predicted molar refractivity (Wildman–Crippen MR) is 59.1 cm³/mol. The van der Waals surface area contributed by atoms with Crippen LogP contribution >= 0.6 is 0 Å². The van der Waals surface area contributed by atoms with Crippen LogP contribution in [0.15, 0.2) is 36.7 Å². The van der Waals surface area contributed by atoms with E-state index >= 15 is 0 Å². The van der Waals surface area contributed by atoms with Crippen LogP contribution in [0.2, 0.25) is 0 Å². The molecule has 0 atom stereocenters. The fourth-order valence-electron chi connectivity index (χ4n) is 1.30. The highest BCUT2D eigenvalue weighted by molar-refractivity contribution is 5.85. The number of carbonyl (C=O) groups is 1. The molecule has 82 valence electrons. The molecule has 2 aromatic rings. The third-order valence-corrected chi connectivity index (χ3v) is 2.18. The van der Waals surface area contributed by atoms with Crippen molar-refractivity contribution in [2.75, 3.05) is 0 Å². The predicted octanol–water partition coefficient (Wildman–Crippen LogP) is 1.71. The first-order chi connectivity index (χ1) is 8.20. The minimum Gasteiger partial charge on any atom is -0.476 e. The molecule has 0 fully saturated rings. The van der Waals surface area contributed by atoms with E-state index < -0.39 is 5.97 Å². The molecule has 0 saturated heterocycles. The second-order valence-corrected chi connectivity index (χ2v) is 3.28. The first-order valence-electron chi connectivity index (χ1n) is 4.76. The lowest BCUT2D eigenvalue weighted by Gasteiger charge is -2.00. The summed E-state index contributed by atoms with van der Waals surface area (Å²) < 4.78 is 0. The molecule has 0 radical (unpaired) electrons. The fourth-order valence-corrected chi connectivity index (χ4v) is 1.30. The Kier molecular flexibility index (Phi) is 2.79. The normalized spacial score (nSPS) is 9.59. The van der Waals surface area contributed by atoms with Crippen LogP contribution in [0.5, 0.6) is 0 Å². The Bertz CT molecular complexity index is 583. The number of nitrogens with zero attached hydrogens (tertiary/aromatic N) is 3. The maximum absolute atomic E-state index is 10.6. The number of carboxylic acid groups (broad SMARTS) is 1. The number of nitriles is 1. The van der Waals surface area contributed by atoms with E-state index in [9.17, 15) is 4.79 Å². The van der Waals surface area contributed by atoms with Crippen LogP contribution in [0.4, 0.5) is 0 Å². The van der Waals surface area contributed by atoms with E-state index in [0.717, 1.165) is 5.56 Å². The van der Waals surface area contributed by atoms with Gasteiger partial charge in [0.15, 0.2) is 5.69 Å². The van der Waals surface area contributed by atoms with E-state index in [2.05, 4.69) is 9.97 Å². The van der Waals surface area contributed by atoms with Crippen molar-refractivity contribution >= 4 is 5.97 Å². The number of hydrogen-bond donors (Lipinski definition) is 1. The van der Waals surface area contributed by atoms with Gasteiger partial charge in [-0.1, -0.05) is 12.1 Å². The standard InChI is InChI=1S/C12H7N3O2/c13-5-8-1-3-9(4-2-8)10-6-15-11(7-14-10)12(16)17/h1-4,6-7H,(H,16,17). The Morgan fingerprint density at radius 3 is 2.35 bits per heavy atom. The highest BCUT2D eigenvalue weighted by Gasteiger charge is 2.05. The monoisotopic (exact) mass is 225 g/mol. The van der Waals surface area contributed by atoms with E-state index in [0.29, 0.717) is 11.3 Å². The molecule has 17 heavy (non-hydrogen) atoms. The molecule has 0 aliphatic heterocycles. The minimum absolute atomic E-state index is 0.0950. The first kappa shape index (κ1) is 10.8. The molecular weight excluding hydrogens is 218 g/mol. The summed E-state index contributed by atoms with van der Waals surface area (Å²) in [5, 5.41) is 17.3. The molecule has 0 aliphatic rings. The van der Waals surface area contributed by atoms with Crippen molar-refractivity contribution in [1.82, 2.24) is 9.97 Å². The highest BCUT2D eigenvalue weighted by Crippen LogP contribution is 2.16. The molecular formula is C12H7N3O2. The number of benzene rings is 1. The summed E-state index contributed by atoms with van der Waals surface area (Å²) in [4.78, 5) is 18.4. The van der Waals surface area contributed by atoms with Gasteiger partial charge in [-0.2, -0.15) is 5.26 Å². The van der Waals surface area contributed by atoms with Crippen molar-refractivity contribution < 1.29 is 9.90 Å². The van der Waals surface area contributed by atoms with Gasteiger partial charge in [-0.05, 0) is 12.1 Å². The SMILES string of the molecule is N#Cc1ccc(-c2cnc(C(=O)O)cn2)cc1. The van der Waals surface area contributed by atoms with E-state index in [1.165, 1.54) is 12.4 Å². The minimum atomic E-state index is -1.11.